The van der Waals surface area contributed by atoms with Crippen LogP contribution in [0.25, 0.3) is 0 Å². The van der Waals surface area contributed by atoms with Crippen LogP contribution in [0.1, 0.15) is 114 Å². The predicted octanol–water partition coefficient (Wildman–Crippen LogP) is 6.45. The summed E-state index contributed by atoms with van der Waals surface area (Å²) >= 11 is 0. The molecule has 0 aromatic rings. The molecule has 0 bridgehead atoms. The van der Waals surface area contributed by atoms with Crippen molar-refractivity contribution in [3.8, 4) is 0 Å². The molecule has 3 aliphatic carbocycles. The minimum atomic E-state index is -0.571. The second-order valence-corrected chi connectivity index (χ2v) is 15.4. The van der Waals surface area contributed by atoms with E-state index in [9.17, 15) is 24.0 Å². The van der Waals surface area contributed by atoms with Gasteiger partial charge >= 0.3 is 0 Å². The average Bonchev–Trinajstić information content (AvgIpc) is 3.06. The first-order chi connectivity index (χ1) is 16.8. The highest BCUT2D eigenvalue weighted by atomic mass is 16.2. The first-order valence-corrected chi connectivity index (χ1v) is 14.5. The Hall–Kier alpha value is -1.65. The zero-order chi connectivity index (χ0) is 28.1. The van der Waals surface area contributed by atoms with Gasteiger partial charge in [-0.3, -0.25) is 24.0 Å². The number of rotatable bonds is 12. The lowest BCUT2D eigenvalue weighted by molar-refractivity contribution is -0.142. The van der Waals surface area contributed by atoms with Crippen LogP contribution in [0.3, 0.4) is 0 Å². The van der Waals surface area contributed by atoms with Crippen LogP contribution in [-0.2, 0) is 24.0 Å². The standard InChI is InChI=1S/C32H50O5/c1-18(33)28(36)20(13-19-11-10-12-19)14-25(35)26-22(16-23-27(26)32(23,8)9)29(37)24(31(5,6)7)15-21(34)17-30(2,3)4/h19-20,22-24,26-27H,10-17H2,1-9H3/t20?,22?,23-,24+,26+,27-/m0/s1. The van der Waals surface area contributed by atoms with Crippen molar-refractivity contribution in [1.82, 2.24) is 0 Å². The Bertz CT molecular complexity index is 939. The Morgan fingerprint density at radius 3 is 1.97 bits per heavy atom. The first-order valence-electron chi connectivity index (χ1n) is 14.5. The fraction of sp³-hybridized carbons (Fsp3) is 0.844. The molecular weight excluding hydrogens is 464 g/mol. The molecule has 0 N–H and O–H groups in total. The van der Waals surface area contributed by atoms with Gasteiger partial charge in [0.15, 0.2) is 5.78 Å². The molecule has 0 amide bonds. The molecule has 37 heavy (non-hydrogen) atoms. The normalized spacial score (nSPS) is 28.6. The summed E-state index contributed by atoms with van der Waals surface area (Å²) < 4.78 is 0. The van der Waals surface area contributed by atoms with Gasteiger partial charge in [0.1, 0.15) is 17.3 Å². The SMILES string of the molecule is CC(=O)C(=O)C(CC(=O)[C@H]1C(C(=O)[C@@H](CC(=O)CC(C)(C)C)C(C)(C)C)C[C@H]2[C@@H]1C2(C)C)CC1CCC1. The maximum Gasteiger partial charge on any atom is 0.201 e. The number of hydrogen-bond donors (Lipinski definition) is 0. The molecule has 0 saturated heterocycles. The Kier molecular flexibility index (Phi) is 8.48. The van der Waals surface area contributed by atoms with Gasteiger partial charge in [-0.1, -0.05) is 74.7 Å². The van der Waals surface area contributed by atoms with Crippen molar-refractivity contribution in [2.24, 2.45) is 57.7 Å². The third-order valence-electron chi connectivity index (χ3n) is 9.76. The van der Waals surface area contributed by atoms with E-state index in [1.807, 2.05) is 41.5 Å². The van der Waals surface area contributed by atoms with Crippen molar-refractivity contribution >= 4 is 28.9 Å². The van der Waals surface area contributed by atoms with E-state index in [1.165, 1.54) is 6.92 Å². The van der Waals surface area contributed by atoms with Gasteiger partial charge in [-0.2, -0.15) is 0 Å². The molecule has 5 nitrogen and oxygen atoms in total. The third-order valence-corrected chi connectivity index (χ3v) is 9.76. The summed E-state index contributed by atoms with van der Waals surface area (Å²) in [5.74, 6) is -1.77. The molecule has 0 radical (unpaired) electrons. The van der Waals surface area contributed by atoms with Gasteiger partial charge in [-0.25, -0.2) is 0 Å². The van der Waals surface area contributed by atoms with E-state index in [1.54, 1.807) is 0 Å². The summed E-state index contributed by atoms with van der Waals surface area (Å²) in [6, 6.07) is 0. The third kappa shape index (κ3) is 6.68. The first kappa shape index (κ1) is 29.9. The second-order valence-electron chi connectivity index (χ2n) is 15.4. The summed E-state index contributed by atoms with van der Waals surface area (Å²) in [4.78, 5) is 65.7. The molecule has 0 heterocycles. The minimum absolute atomic E-state index is 0.00441. The second kappa shape index (κ2) is 10.5. The smallest absolute Gasteiger partial charge is 0.201 e. The molecule has 5 heteroatoms. The Balaban J connectivity index is 1.83. The van der Waals surface area contributed by atoms with E-state index >= 15 is 0 Å². The van der Waals surface area contributed by atoms with E-state index in [0.29, 0.717) is 31.1 Å². The number of ketones is 5. The number of carbonyl (C=O) groups excluding carboxylic acids is 5. The van der Waals surface area contributed by atoms with Crippen molar-refractivity contribution in [1.29, 1.82) is 0 Å². The molecule has 3 fully saturated rings. The van der Waals surface area contributed by atoms with E-state index in [4.69, 9.17) is 0 Å². The molecule has 3 saturated carbocycles. The lowest BCUT2D eigenvalue weighted by Crippen LogP contribution is -2.41. The van der Waals surface area contributed by atoms with Crippen LogP contribution in [0.5, 0.6) is 0 Å². The molecule has 3 aliphatic rings. The summed E-state index contributed by atoms with van der Waals surface area (Å²) in [5.41, 5.74) is -0.527. The molecule has 6 atom stereocenters. The lowest BCUT2D eigenvalue weighted by atomic mass is 9.67. The number of fused-ring (bicyclic) bond motifs is 1. The van der Waals surface area contributed by atoms with Gasteiger partial charge in [0.2, 0.25) is 5.78 Å². The topological polar surface area (TPSA) is 85.3 Å². The van der Waals surface area contributed by atoms with Gasteiger partial charge in [0.05, 0.1) is 0 Å². The van der Waals surface area contributed by atoms with E-state index in [2.05, 4.69) is 13.8 Å². The minimum Gasteiger partial charge on any atom is -0.300 e. The highest BCUT2D eigenvalue weighted by Gasteiger charge is 2.69. The van der Waals surface area contributed by atoms with Crippen molar-refractivity contribution in [2.75, 3.05) is 0 Å². The molecule has 0 aromatic carbocycles. The highest BCUT2D eigenvalue weighted by Crippen LogP contribution is 2.71. The van der Waals surface area contributed by atoms with Crippen molar-refractivity contribution in [2.45, 2.75) is 114 Å². The molecule has 208 valence electrons. The van der Waals surface area contributed by atoms with Crippen LogP contribution in [0, 0.1) is 57.7 Å². The maximum atomic E-state index is 14.1. The Morgan fingerprint density at radius 1 is 0.919 bits per heavy atom. The van der Waals surface area contributed by atoms with Crippen LogP contribution < -0.4 is 0 Å². The molecule has 0 aliphatic heterocycles. The zero-order valence-electron chi connectivity index (χ0n) is 24.7. The highest BCUT2D eigenvalue weighted by molar-refractivity contribution is 6.37. The zero-order valence-corrected chi connectivity index (χ0v) is 24.7. The van der Waals surface area contributed by atoms with Crippen LogP contribution in [0.15, 0.2) is 0 Å². The van der Waals surface area contributed by atoms with Gasteiger partial charge < -0.3 is 0 Å². The summed E-state index contributed by atoms with van der Waals surface area (Å²) in [6.07, 6.45) is 5.21. The van der Waals surface area contributed by atoms with Crippen LogP contribution in [0.4, 0.5) is 0 Å². The molecular formula is C32H50O5. The van der Waals surface area contributed by atoms with Gasteiger partial charge in [-0.15, -0.1) is 0 Å². The molecule has 0 spiro atoms. The summed E-state index contributed by atoms with van der Waals surface area (Å²) in [6.45, 7) is 17.8. The summed E-state index contributed by atoms with van der Waals surface area (Å²) in [7, 11) is 0. The van der Waals surface area contributed by atoms with Crippen molar-refractivity contribution < 1.29 is 24.0 Å². The predicted molar refractivity (Wildman–Crippen MR) is 145 cm³/mol. The number of carbonyl (C=O) groups is 5. The Labute approximate surface area is 224 Å². The fourth-order valence-corrected chi connectivity index (χ4v) is 7.40. The lowest BCUT2D eigenvalue weighted by Gasteiger charge is -2.35. The van der Waals surface area contributed by atoms with E-state index < -0.39 is 40.7 Å². The van der Waals surface area contributed by atoms with Gasteiger partial charge in [0.25, 0.3) is 0 Å². The monoisotopic (exact) mass is 514 g/mol. The molecule has 2 unspecified atom stereocenters. The summed E-state index contributed by atoms with van der Waals surface area (Å²) in [5, 5.41) is 0. The Morgan fingerprint density at radius 2 is 1.51 bits per heavy atom. The van der Waals surface area contributed by atoms with Crippen molar-refractivity contribution in [3.63, 3.8) is 0 Å². The van der Waals surface area contributed by atoms with Gasteiger partial charge in [-0.05, 0) is 46.8 Å². The van der Waals surface area contributed by atoms with Crippen molar-refractivity contribution in [3.05, 3.63) is 0 Å². The fourth-order valence-electron chi connectivity index (χ4n) is 7.40. The van der Waals surface area contributed by atoms with E-state index in [0.717, 1.165) is 19.3 Å². The quantitative estimate of drug-likeness (QED) is 0.280. The average molecular weight is 515 g/mol. The van der Waals surface area contributed by atoms with Crippen LogP contribution in [0.2, 0.25) is 0 Å². The van der Waals surface area contributed by atoms with E-state index in [-0.39, 0.29) is 46.9 Å². The van der Waals surface area contributed by atoms with Crippen LogP contribution in [-0.4, -0.2) is 28.9 Å². The number of hydrogen-bond acceptors (Lipinski definition) is 5. The van der Waals surface area contributed by atoms with Gasteiger partial charge in [0, 0.05) is 49.9 Å². The largest absolute Gasteiger partial charge is 0.300 e. The molecule has 3 rings (SSSR count). The number of Topliss-reactive ketones (excluding diaryl/α,β-unsaturated/α-hetero) is 5. The van der Waals surface area contributed by atoms with Crippen LogP contribution >= 0.6 is 0 Å². The maximum absolute atomic E-state index is 14.1. The molecule has 0 aromatic heterocycles.